The van der Waals surface area contributed by atoms with Gasteiger partial charge in [-0.3, -0.25) is 0 Å². The van der Waals surface area contributed by atoms with Crippen LogP contribution in [0.5, 0.6) is 0 Å². The average molecular weight is 365 g/mol. The molecule has 0 radical (unpaired) electrons. The lowest BCUT2D eigenvalue weighted by molar-refractivity contribution is 0.205. The van der Waals surface area contributed by atoms with Gasteiger partial charge in [-0.1, -0.05) is 12.1 Å². The number of anilines is 2. The van der Waals surface area contributed by atoms with Crippen molar-refractivity contribution >= 4 is 34.9 Å². The number of nitrogens with zero attached hydrogens (tertiary/aromatic N) is 4. The molecular weight excluding hydrogens is 344 g/mol. The predicted octanol–water partition coefficient (Wildman–Crippen LogP) is 3.32. The SMILES string of the molecule is COCCN1CCN(Cc2ccc(SC)cc2)c2cnc(Cl)nc21. The van der Waals surface area contributed by atoms with E-state index in [1.165, 1.54) is 10.5 Å². The van der Waals surface area contributed by atoms with E-state index in [-0.39, 0.29) is 5.28 Å². The molecule has 24 heavy (non-hydrogen) atoms. The Morgan fingerprint density at radius 1 is 1.21 bits per heavy atom. The van der Waals surface area contributed by atoms with Crippen LogP contribution in [0, 0.1) is 0 Å². The number of hydrogen-bond acceptors (Lipinski definition) is 6. The van der Waals surface area contributed by atoms with Crippen LogP contribution in [0.2, 0.25) is 5.28 Å². The van der Waals surface area contributed by atoms with Gasteiger partial charge in [-0.25, -0.2) is 4.98 Å². The van der Waals surface area contributed by atoms with Crippen molar-refractivity contribution in [1.29, 1.82) is 0 Å². The molecule has 2 aromatic rings. The maximum Gasteiger partial charge on any atom is 0.224 e. The summed E-state index contributed by atoms with van der Waals surface area (Å²) in [6.45, 7) is 4.12. The fourth-order valence-corrected chi connectivity index (χ4v) is 3.34. The Hall–Kier alpha value is -1.50. The van der Waals surface area contributed by atoms with Gasteiger partial charge in [0.1, 0.15) is 0 Å². The molecule has 1 aliphatic heterocycles. The van der Waals surface area contributed by atoms with Gasteiger partial charge >= 0.3 is 0 Å². The smallest absolute Gasteiger partial charge is 0.224 e. The van der Waals surface area contributed by atoms with Gasteiger partial charge in [0.2, 0.25) is 5.28 Å². The Kier molecular flexibility index (Phi) is 5.81. The molecule has 0 N–H and O–H groups in total. The number of benzene rings is 1. The van der Waals surface area contributed by atoms with Crippen molar-refractivity contribution in [3.63, 3.8) is 0 Å². The second-order valence-corrected chi connectivity index (χ2v) is 6.82. The van der Waals surface area contributed by atoms with Crippen molar-refractivity contribution in [2.75, 3.05) is 49.4 Å². The number of fused-ring (bicyclic) bond motifs is 1. The minimum atomic E-state index is 0.280. The summed E-state index contributed by atoms with van der Waals surface area (Å²) in [5, 5.41) is 0.280. The summed E-state index contributed by atoms with van der Waals surface area (Å²) >= 11 is 7.77. The first kappa shape index (κ1) is 17.3. The number of ether oxygens (including phenoxy) is 1. The molecule has 2 heterocycles. The van der Waals surface area contributed by atoms with Gasteiger partial charge in [0.15, 0.2) is 5.82 Å². The minimum Gasteiger partial charge on any atom is -0.383 e. The largest absolute Gasteiger partial charge is 0.383 e. The van der Waals surface area contributed by atoms with E-state index < -0.39 is 0 Å². The normalized spacial score (nSPS) is 14.0. The first-order valence-corrected chi connectivity index (χ1v) is 9.46. The van der Waals surface area contributed by atoms with Crippen molar-refractivity contribution in [2.24, 2.45) is 0 Å². The Morgan fingerprint density at radius 2 is 1.96 bits per heavy atom. The number of rotatable bonds is 6. The molecule has 0 atom stereocenters. The summed E-state index contributed by atoms with van der Waals surface area (Å²) in [4.78, 5) is 14.4. The monoisotopic (exact) mass is 364 g/mol. The molecule has 1 aromatic heterocycles. The highest BCUT2D eigenvalue weighted by atomic mass is 35.5. The zero-order chi connectivity index (χ0) is 16.9. The lowest BCUT2D eigenvalue weighted by Crippen LogP contribution is -2.42. The first-order valence-electron chi connectivity index (χ1n) is 7.85. The molecule has 5 nitrogen and oxygen atoms in total. The van der Waals surface area contributed by atoms with E-state index in [4.69, 9.17) is 16.3 Å². The van der Waals surface area contributed by atoms with Crippen LogP contribution < -0.4 is 9.80 Å². The van der Waals surface area contributed by atoms with E-state index in [2.05, 4.69) is 50.3 Å². The highest BCUT2D eigenvalue weighted by Gasteiger charge is 2.24. The van der Waals surface area contributed by atoms with Gasteiger partial charge in [0.25, 0.3) is 0 Å². The van der Waals surface area contributed by atoms with Gasteiger partial charge in [0, 0.05) is 38.2 Å². The molecule has 0 saturated carbocycles. The molecule has 0 aliphatic carbocycles. The van der Waals surface area contributed by atoms with Crippen LogP contribution in [0.15, 0.2) is 35.4 Å². The van der Waals surface area contributed by atoms with Crippen molar-refractivity contribution in [3.8, 4) is 0 Å². The van der Waals surface area contributed by atoms with Gasteiger partial charge in [-0.15, -0.1) is 11.8 Å². The van der Waals surface area contributed by atoms with Gasteiger partial charge in [-0.05, 0) is 35.6 Å². The molecule has 0 fully saturated rings. The summed E-state index contributed by atoms with van der Waals surface area (Å²) in [5.41, 5.74) is 2.30. The van der Waals surface area contributed by atoms with Crippen molar-refractivity contribution in [1.82, 2.24) is 9.97 Å². The topological polar surface area (TPSA) is 41.5 Å². The van der Waals surface area contributed by atoms with Crippen LogP contribution in [-0.2, 0) is 11.3 Å². The average Bonchev–Trinajstić information content (AvgIpc) is 2.61. The highest BCUT2D eigenvalue weighted by molar-refractivity contribution is 7.98. The van der Waals surface area contributed by atoms with Crippen LogP contribution in [0.25, 0.3) is 0 Å². The Morgan fingerprint density at radius 3 is 2.67 bits per heavy atom. The van der Waals surface area contributed by atoms with E-state index in [0.717, 1.165) is 37.7 Å². The molecule has 0 saturated heterocycles. The number of thioether (sulfide) groups is 1. The summed E-state index contributed by atoms with van der Waals surface area (Å²) in [6, 6.07) is 8.68. The zero-order valence-electron chi connectivity index (χ0n) is 13.9. The van der Waals surface area contributed by atoms with E-state index in [1.807, 2.05) is 6.20 Å². The first-order chi connectivity index (χ1) is 11.7. The zero-order valence-corrected chi connectivity index (χ0v) is 15.5. The molecule has 0 spiro atoms. The molecule has 128 valence electrons. The molecule has 3 rings (SSSR count). The summed E-state index contributed by atoms with van der Waals surface area (Å²) in [7, 11) is 1.71. The summed E-state index contributed by atoms with van der Waals surface area (Å²) < 4.78 is 5.20. The van der Waals surface area contributed by atoms with E-state index in [9.17, 15) is 0 Å². The number of methoxy groups -OCH3 is 1. The quantitative estimate of drug-likeness (QED) is 0.578. The van der Waals surface area contributed by atoms with Crippen LogP contribution in [0.4, 0.5) is 11.5 Å². The molecule has 0 unspecified atom stereocenters. The fourth-order valence-electron chi connectivity index (χ4n) is 2.80. The molecule has 1 aliphatic rings. The van der Waals surface area contributed by atoms with E-state index in [0.29, 0.717) is 6.61 Å². The third-order valence-corrected chi connectivity index (χ3v) is 5.02. The number of hydrogen-bond donors (Lipinski definition) is 0. The van der Waals surface area contributed by atoms with Gasteiger partial charge in [-0.2, -0.15) is 4.98 Å². The van der Waals surface area contributed by atoms with Crippen LogP contribution in [-0.4, -0.2) is 49.6 Å². The lowest BCUT2D eigenvalue weighted by atomic mass is 10.2. The van der Waals surface area contributed by atoms with Crippen LogP contribution in [0.1, 0.15) is 5.56 Å². The van der Waals surface area contributed by atoms with Crippen LogP contribution in [0.3, 0.4) is 0 Å². The lowest BCUT2D eigenvalue weighted by Gasteiger charge is -2.37. The van der Waals surface area contributed by atoms with Crippen molar-refractivity contribution in [2.45, 2.75) is 11.4 Å². The Bertz CT molecular complexity index is 683. The minimum absolute atomic E-state index is 0.280. The third kappa shape index (κ3) is 3.94. The van der Waals surface area contributed by atoms with E-state index >= 15 is 0 Å². The Balaban J connectivity index is 1.81. The fraction of sp³-hybridized carbons (Fsp3) is 0.412. The number of halogens is 1. The molecule has 7 heteroatoms. The highest BCUT2D eigenvalue weighted by Crippen LogP contribution is 2.32. The molecule has 1 aromatic carbocycles. The van der Waals surface area contributed by atoms with E-state index in [1.54, 1.807) is 18.9 Å². The number of aromatic nitrogens is 2. The molecular formula is C17H21ClN4OS. The molecule has 0 bridgehead atoms. The maximum absolute atomic E-state index is 6.02. The molecule has 0 amide bonds. The maximum atomic E-state index is 6.02. The van der Waals surface area contributed by atoms with Crippen LogP contribution >= 0.6 is 23.4 Å². The standard InChI is InChI=1S/C17H21ClN4OS/c1-23-10-9-21-7-8-22(15-11-19-17(18)20-16(15)21)12-13-3-5-14(24-2)6-4-13/h3-6,11H,7-10,12H2,1-2H3. The van der Waals surface area contributed by atoms with Gasteiger partial charge < -0.3 is 14.5 Å². The summed E-state index contributed by atoms with van der Waals surface area (Å²) in [6.07, 6.45) is 3.91. The van der Waals surface area contributed by atoms with Gasteiger partial charge in [0.05, 0.1) is 18.5 Å². The van der Waals surface area contributed by atoms with Crippen molar-refractivity contribution in [3.05, 3.63) is 41.3 Å². The second kappa shape index (κ2) is 8.05. The second-order valence-electron chi connectivity index (χ2n) is 5.60. The van der Waals surface area contributed by atoms with Crippen molar-refractivity contribution < 1.29 is 4.74 Å². The third-order valence-electron chi connectivity index (χ3n) is 4.10. The predicted molar refractivity (Wildman–Crippen MR) is 100 cm³/mol. The summed E-state index contributed by atoms with van der Waals surface area (Å²) in [5.74, 6) is 0.888. The Labute approximate surface area is 152 Å².